The second kappa shape index (κ2) is 6.60. The zero-order valence-electron chi connectivity index (χ0n) is 11.6. The molecule has 0 aliphatic heterocycles. The van der Waals surface area contributed by atoms with E-state index >= 15 is 0 Å². The standard InChI is InChI=1S/C13H18N4O2S/c1-10(2)11-7-15-13(20-8-12(18)19)17(11)6-5-16-4-3-14-9-16/h3-4,7,9-10H,5-6,8H2,1-2H3,(H,18,19). The van der Waals surface area contributed by atoms with Gasteiger partial charge < -0.3 is 14.2 Å². The van der Waals surface area contributed by atoms with Gasteiger partial charge in [-0.1, -0.05) is 25.6 Å². The van der Waals surface area contributed by atoms with Crippen LogP contribution in [0.1, 0.15) is 25.5 Å². The number of aromatic nitrogens is 4. The average Bonchev–Trinajstić information content (AvgIpc) is 3.03. The molecule has 2 aromatic rings. The van der Waals surface area contributed by atoms with Gasteiger partial charge in [-0.2, -0.15) is 0 Å². The fourth-order valence-electron chi connectivity index (χ4n) is 1.93. The van der Waals surface area contributed by atoms with Crippen molar-refractivity contribution < 1.29 is 9.90 Å². The van der Waals surface area contributed by atoms with Crippen molar-refractivity contribution in [2.75, 3.05) is 5.75 Å². The third kappa shape index (κ3) is 3.63. The highest BCUT2D eigenvalue weighted by atomic mass is 32.2. The molecule has 0 atom stereocenters. The van der Waals surface area contributed by atoms with Crippen molar-refractivity contribution in [2.24, 2.45) is 0 Å². The molecule has 0 aromatic carbocycles. The molecule has 2 aromatic heterocycles. The van der Waals surface area contributed by atoms with Gasteiger partial charge in [0.15, 0.2) is 5.16 Å². The maximum absolute atomic E-state index is 10.7. The number of imidazole rings is 2. The SMILES string of the molecule is CC(C)c1cnc(SCC(=O)O)n1CCn1ccnc1. The van der Waals surface area contributed by atoms with Crippen molar-refractivity contribution in [2.45, 2.75) is 38.0 Å². The monoisotopic (exact) mass is 294 g/mol. The van der Waals surface area contributed by atoms with E-state index in [1.165, 1.54) is 11.8 Å². The normalized spacial score (nSPS) is 11.2. The van der Waals surface area contributed by atoms with Crippen LogP contribution in [0.2, 0.25) is 0 Å². The lowest BCUT2D eigenvalue weighted by Crippen LogP contribution is -2.11. The zero-order chi connectivity index (χ0) is 14.5. The van der Waals surface area contributed by atoms with E-state index in [0.717, 1.165) is 23.9 Å². The Kier molecular flexibility index (Phi) is 4.84. The molecule has 0 saturated carbocycles. The van der Waals surface area contributed by atoms with Crippen molar-refractivity contribution in [3.8, 4) is 0 Å². The molecule has 0 unspecified atom stereocenters. The van der Waals surface area contributed by atoms with Gasteiger partial charge in [0.2, 0.25) is 0 Å². The van der Waals surface area contributed by atoms with Gasteiger partial charge in [0.1, 0.15) is 0 Å². The number of carboxylic acid groups (broad SMARTS) is 1. The number of carbonyl (C=O) groups is 1. The summed E-state index contributed by atoms with van der Waals surface area (Å²) in [5.41, 5.74) is 1.12. The zero-order valence-corrected chi connectivity index (χ0v) is 12.4. The molecule has 0 aliphatic rings. The van der Waals surface area contributed by atoms with Crippen molar-refractivity contribution >= 4 is 17.7 Å². The lowest BCUT2D eigenvalue weighted by Gasteiger charge is -2.13. The van der Waals surface area contributed by atoms with E-state index < -0.39 is 5.97 Å². The van der Waals surface area contributed by atoms with Crippen LogP contribution in [0.5, 0.6) is 0 Å². The Bertz CT molecular complexity index is 563. The summed E-state index contributed by atoms with van der Waals surface area (Å²) in [4.78, 5) is 19.1. The smallest absolute Gasteiger partial charge is 0.313 e. The van der Waals surface area contributed by atoms with Crippen LogP contribution in [0.25, 0.3) is 0 Å². The molecule has 7 heteroatoms. The Hall–Kier alpha value is -1.76. The topological polar surface area (TPSA) is 72.9 Å². The van der Waals surface area contributed by atoms with E-state index in [2.05, 4.69) is 28.4 Å². The summed E-state index contributed by atoms with van der Waals surface area (Å²) in [5, 5.41) is 9.55. The van der Waals surface area contributed by atoms with E-state index in [1.807, 2.05) is 17.0 Å². The average molecular weight is 294 g/mol. The van der Waals surface area contributed by atoms with Gasteiger partial charge in [0.25, 0.3) is 0 Å². The summed E-state index contributed by atoms with van der Waals surface area (Å²) >= 11 is 1.26. The number of carboxylic acids is 1. The molecule has 2 heterocycles. The first-order valence-corrected chi connectivity index (χ1v) is 7.42. The van der Waals surface area contributed by atoms with Gasteiger partial charge >= 0.3 is 5.97 Å². The van der Waals surface area contributed by atoms with Crippen LogP contribution in [0, 0.1) is 0 Å². The van der Waals surface area contributed by atoms with E-state index in [1.54, 1.807) is 12.5 Å². The second-order valence-corrected chi connectivity index (χ2v) is 5.70. The maximum atomic E-state index is 10.7. The number of hydrogen-bond acceptors (Lipinski definition) is 4. The van der Waals surface area contributed by atoms with Crippen LogP contribution >= 0.6 is 11.8 Å². The minimum Gasteiger partial charge on any atom is -0.481 e. The largest absolute Gasteiger partial charge is 0.481 e. The summed E-state index contributed by atoms with van der Waals surface area (Å²) in [6.07, 6.45) is 7.27. The molecule has 0 fully saturated rings. The Morgan fingerprint density at radius 1 is 1.45 bits per heavy atom. The highest BCUT2D eigenvalue weighted by Crippen LogP contribution is 2.23. The van der Waals surface area contributed by atoms with E-state index in [4.69, 9.17) is 5.11 Å². The van der Waals surface area contributed by atoms with E-state index in [0.29, 0.717) is 5.92 Å². The number of nitrogens with zero attached hydrogens (tertiary/aromatic N) is 4. The van der Waals surface area contributed by atoms with Crippen LogP contribution in [-0.4, -0.2) is 35.9 Å². The van der Waals surface area contributed by atoms with Crippen LogP contribution in [0.15, 0.2) is 30.1 Å². The summed E-state index contributed by atoms with van der Waals surface area (Å²) in [5.74, 6) is -0.450. The molecule has 0 bridgehead atoms. The van der Waals surface area contributed by atoms with Gasteiger partial charge in [0.05, 0.1) is 12.1 Å². The molecule has 1 N–H and O–H groups in total. The molecule has 6 nitrogen and oxygen atoms in total. The fraction of sp³-hybridized carbons (Fsp3) is 0.462. The summed E-state index contributed by atoms with van der Waals surface area (Å²) < 4.78 is 4.09. The van der Waals surface area contributed by atoms with Crippen LogP contribution in [0.3, 0.4) is 0 Å². The van der Waals surface area contributed by atoms with Crippen LogP contribution < -0.4 is 0 Å². The van der Waals surface area contributed by atoms with Crippen molar-refractivity contribution in [3.63, 3.8) is 0 Å². The highest BCUT2D eigenvalue weighted by molar-refractivity contribution is 7.99. The third-order valence-electron chi connectivity index (χ3n) is 2.91. The number of hydrogen-bond donors (Lipinski definition) is 1. The predicted molar refractivity (Wildman–Crippen MR) is 76.9 cm³/mol. The van der Waals surface area contributed by atoms with Crippen molar-refractivity contribution in [1.29, 1.82) is 0 Å². The molecular formula is C13H18N4O2S. The molecule has 108 valence electrons. The minimum atomic E-state index is -0.828. The van der Waals surface area contributed by atoms with Crippen LogP contribution in [-0.2, 0) is 17.9 Å². The molecule has 0 aliphatic carbocycles. The molecule has 0 spiro atoms. The number of aliphatic carboxylic acids is 1. The van der Waals surface area contributed by atoms with Gasteiger partial charge in [0, 0.05) is 37.4 Å². The Morgan fingerprint density at radius 2 is 2.25 bits per heavy atom. The van der Waals surface area contributed by atoms with Gasteiger partial charge in [-0.05, 0) is 5.92 Å². The molecule has 0 amide bonds. The first-order valence-electron chi connectivity index (χ1n) is 6.43. The van der Waals surface area contributed by atoms with Crippen molar-refractivity contribution in [3.05, 3.63) is 30.6 Å². The molecule has 2 rings (SSSR count). The predicted octanol–water partition coefficient (Wildman–Crippen LogP) is 2.08. The maximum Gasteiger partial charge on any atom is 0.313 e. The Labute approximate surface area is 121 Å². The van der Waals surface area contributed by atoms with Crippen molar-refractivity contribution in [1.82, 2.24) is 19.1 Å². The quantitative estimate of drug-likeness (QED) is 0.791. The number of aryl methyl sites for hydroxylation is 1. The number of rotatable bonds is 7. The fourth-order valence-corrected chi connectivity index (χ4v) is 2.66. The summed E-state index contributed by atoms with van der Waals surface area (Å²) in [7, 11) is 0. The first kappa shape index (κ1) is 14.6. The van der Waals surface area contributed by atoms with Gasteiger partial charge in [-0.15, -0.1) is 0 Å². The van der Waals surface area contributed by atoms with E-state index in [9.17, 15) is 4.79 Å². The first-order chi connectivity index (χ1) is 9.58. The molecule has 0 radical (unpaired) electrons. The Balaban J connectivity index is 2.13. The molecule has 20 heavy (non-hydrogen) atoms. The lowest BCUT2D eigenvalue weighted by atomic mass is 10.1. The van der Waals surface area contributed by atoms with E-state index in [-0.39, 0.29) is 5.75 Å². The summed E-state index contributed by atoms with van der Waals surface area (Å²) in [6.45, 7) is 5.76. The van der Waals surface area contributed by atoms with Gasteiger partial charge in [-0.25, -0.2) is 9.97 Å². The minimum absolute atomic E-state index is 0.0274. The van der Waals surface area contributed by atoms with Crippen LogP contribution in [0.4, 0.5) is 0 Å². The highest BCUT2D eigenvalue weighted by Gasteiger charge is 2.14. The molecule has 0 saturated heterocycles. The summed E-state index contributed by atoms with van der Waals surface area (Å²) in [6, 6.07) is 0. The lowest BCUT2D eigenvalue weighted by molar-refractivity contribution is -0.133. The number of thioether (sulfide) groups is 1. The third-order valence-corrected chi connectivity index (χ3v) is 3.88. The second-order valence-electron chi connectivity index (χ2n) is 4.75. The van der Waals surface area contributed by atoms with Gasteiger partial charge in [-0.3, -0.25) is 4.79 Å². The Morgan fingerprint density at radius 3 is 2.85 bits per heavy atom. The molecular weight excluding hydrogens is 276 g/mol.